The Morgan fingerprint density at radius 3 is 2.55 bits per heavy atom. The van der Waals surface area contributed by atoms with Gasteiger partial charge in [0.1, 0.15) is 6.04 Å². The number of carboxylic acids is 1. The molecule has 1 aromatic carbocycles. The molecule has 108 valence electrons. The normalized spacial score (nSPS) is 23.6. The number of carbonyl (C=O) groups excluding carboxylic acids is 1. The van der Waals surface area contributed by atoms with E-state index in [0.717, 1.165) is 12.0 Å². The number of nitrogens with zero attached hydrogens (tertiary/aromatic N) is 1. The topological polar surface area (TPSA) is 57.6 Å². The zero-order valence-electron chi connectivity index (χ0n) is 12.0. The van der Waals surface area contributed by atoms with Gasteiger partial charge in [-0.15, -0.1) is 0 Å². The van der Waals surface area contributed by atoms with E-state index in [2.05, 4.69) is 0 Å². The fourth-order valence-corrected chi connectivity index (χ4v) is 3.01. The van der Waals surface area contributed by atoms with Gasteiger partial charge in [0, 0.05) is 6.54 Å². The minimum atomic E-state index is -0.897. The first-order valence-corrected chi connectivity index (χ1v) is 7.14. The van der Waals surface area contributed by atoms with Gasteiger partial charge < -0.3 is 10.0 Å². The summed E-state index contributed by atoms with van der Waals surface area (Å²) in [6.07, 6.45) is 1.44. The van der Waals surface area contributed by atoms with Gasteiger partial charge in [-0.05, 0) is 24.3 Å². The van der Waals surface area contributed by atoms with E-state index in [-0.39, 0.29) is 17.7 Å². The molecule has 4 nitrogen and oxygen atoms in total. The third-order valence-electron chi connectivity index (χ3n) is 4.14. The minimum Gasteiger partial charge on any atom is -0.480 e. The van der Waals surface area contributed by atoms with Gasteiger partial charge in [0.2, 0.25) is 5.91 Å². The van der Waals surface area contributed by atoms with Crippen molar-refractivity contribution in [2.75, 3.05) is 6.54 Å². The van der Waals surface area contributed by atoms with Crippen LogP contribution in [0.4, 0.5) is 0 Å². The quantitative estimate of drug-likeness (QED) is 0.918. The number of aliphatic carboxylic acids is 1. The largest absolute Gasteiger partial charge is 0.480 e. The lowest BCUT2D eigenvalue weighted by Gasteiger charge is -2.27. The van der Waals surface area contributed by atoms with E-state index in [1.165, 1.54) is 0 Å². The zero-order valence-corrected chi connectivity index (χ0v) is 12.0. The second-order valence-electron chi connectivity index (χ2n) is 5.45. The molecule has 0 saturated carbocycles. The number of benzene rings is 1. The Balaban J connectivity index is 2.23. The molecule has 20 heavy (non-hydrogen) atoms. The molecular weight excluding hydrogens is 254 g/mol. The molecule has 2 rings (SSSR count). The lowest BCUT2D eigenvalue weighted by atomic mass is 9.94. The lowest BCUT2D eigenvalue weighted by Crippen LogP contribution is -2.44. The van der Waals surface area contributed by atoms with Crippen LogP contribution in [0.2, 0.25) is 0 Å². The average Bonchev–Trinajstić information content (AvgIpc) is 2.82. The van der Waals surface area contributed by atoms with E-state index in [1.54, 1.807) is 4.90 Å². The average molecular weight is 275 g/mol. The molecule has 4 heteroatoms. The summed E-state index contributed by atoms with van der Waals surface area (Å²) in [5.74, 6) is -1.19. The monoisotopic (exact) mass is 275 g/mol. The molecule has 0 bridgehead atoms. The first-order valence-electron chi connectivity index (χ1n) is 7.14. The summed E-state index contributed by atoms with van der Waals surface area (Å²) in [6, 6.07) is 8.92. The Hall–Kier alpha value is -1.84. The Morgan fingerprint density at radius 2 is 2.00 bits per heavy atom. The molecule has 1 fully saturated rings. The SMILES string of the molecule is CCC(C(=O)N1CCC(C)C1C(=O)O)c1ccccc1. The van der Waals surface area contributed by atoms with E-state index in [9.17, 15) is 14.7 Å². The van der Waals surface area contributed by atoms with Crippen LogP contribution in [0.3, 0.4) is 0 Å². The molecule has 0 spiro atoms. The van der Waals surface area contributed by atoms with Crippen molar-refractivity contribution in [2.45, 2.75) is 38.6 Å². The second-order valence-corrected chi connectivity index (χ2v) is 5.45. The van der Waals surface area contributed by atoms with Crippen molar-refractivity contribution >= 4 is 11.9 Å². The van der Waals surface area contributed by atoms with Gasteiger partial charge >= 0.3 is 5.97 Å². The summed E-state index contributed by atoms with van der Waals surface area (Å²) in [5.41, 5.74) is 0.962. The number of carboxylic acid groups (broad SMARTS) is 1. The van der Waals surface area contributed by atoms with Gasteiger partial charge in [-0.3, -0.25) is 4.79 Å². The van der Waals surface area contributed by atoms with Crippen molar-refractivity contribution in [1.82, 2.24) is 4.90 Å². The molecule has 0 aromatic heterocycles. The minimum absolute atomic E-state index is 0.0183. The van der Waals surface area contributed by atoms with Crippen LogP contribution in [0, 0.1) is 5.92 Å². The first-order chi connectivity index (χ1) is 9.56. The molecule has 1 heterocycles. The van der Waals surface area contributed by atoms with Gasteiger partial charge in [-0.25, -0.2) is 4.79 Å². The van der Waals surface area contributed by atoms with Gasteiger partial charge in [0.15, 0.2) is 0 Å². The fraction of sp³-hybridized carbons (Fsp3) is 0.500. The molecule has 1 amide bonds. The van der Waals surface area contributed by atoms with E-state index >= 15 is 0 Å². The van der Waals surface area contributed by atoms with Gasteiger partial charge in [-0.1, -0.05) is 44.2 Å². The van der Waals surface area contributed by atoms with E-state index in [1.807, 2.05) is 44.2 Å². The van der Waals surface area contributed by atoms with Crippen molar-refractivity contribution in [2.24, 2.45) is 5.92 Å². The van der Waals surface area contributed by atoms with Crippen LogP contribution in [-0.2, 0) is 9.59 Å². The zero-order chi connectivity index (χ0) is 14.7. The molecule has 1 aliphatic heterocycles. The molecule has 3 unspecified atom stereocenters. The first kappa shape index (κ1) is 14.6. The number of likely N-dealkylation sites (tertiary alicyclic amines) is 1. The summed E-state index contributed by atoms with van der Waals surface area (Å²) >= 11 is 0. The second kappa shape index (κ2) is 6.07. The predicted octanol–water partition coefficient (Wildman–Crippen LogP) is 2.50. The predicted molar refractivity (Wildman–Crippen MR) is 76.4 cm³/mol. The van der Waals surface area contributed by atoms with Crippen molar-refractivity contribution in [3.05, 3.63) is 35.9 Å². The van der Waals surface area contributed by atoms with Gasteiger partial charge in [0.25, 0.3) is 0 Å². The highest BCUT2D eigenvalue weighted by atomic mass is 16.4. The molecule has 1 N–H and O–H groups in total. The van der Waals surface area contributed by atoms with Gasteiger partial charge in [0.05, 0.1) is 5.92 Å². The Labute approximate surface area is 119 Å². The summed E-state index contributed by atoms with van der Waals surface area (Å²) in [4.78, 5) is 25.6. The maximum absolute atomic E-state index is 12.7. The highest BCUT2D eigenvalue weighted by Gasteiger charge is 2.41. The molecule has 0 aliphatic carbocycles. The van der Waals surface area contributed by atoms with E-state index in [0.29, 0.717) is 13.0 Å². The van der Waals surface area contributed by atoms with Crippen LogP contribution >= 0.6 is 0 Å². The van der Waals surface area contributed by atoms with Crippen molar-refractivity contribution in [3.63, 3.8) is 0 Å². The third kappa shape index (κ3) is 2.69. The number of rotatable bonds is 4. The number of amides is 1. The van der Waals surface area contributed by atoms with E-state index < -0.39 is 12.0 Å². The van der Waals surface area contributed by atoms with Crippen LogP contribution in [0.25, 0.3) is 0 Å². The maximum Gasteiger partial charge on any atom is 0.326 e. The van der Waals surface area contributed by atoms with E-state index in [4.69, 9.17) is 0 Å². The molecule has 1 aliphatic rings. The van der Waals surface area contributed by atoms with Crippen LogP contribution in [-0.4, -0.2) is 34.5 Å². The lowest BCUT2D eigenvalue weighted by molar-refractivity contribution is -0.150. The summed E-state index contributed by atoms with van der Waals surface area (Å²) in [6.45, 7) is 4.40. The molecule has 3 atom stereocenters. The van der Waals surface area contributed by atoms with Gasteiger partial charge in [-0.2, -0.15) is 0 Å². The summed E-state index contributed by atoms with van der Waals surface area (Å²) in [5, 5.41) is 9.33. The standard InChI is InChI=1S/C16H21NO3/c1-3-13(12-7-5-4-6-8-12)15(18)17-10-9-11(2)14(17)16(19)20/h4-8,11,13-14H,3,9-10H2,1-2H3,(H,19,20). The van der Waals surface area contributed by atoms with Crippen molar-refractivity contribution in [1.29, 1.82) is 0 Å². The van der Waals surface area contributed by atoms with Crippen LogP contribution in [0.5, 0.6) is 0 Å². The number of hydrogen-bond donors (Lipinski definition) is 1. The smallest absolute Gasteiger partial charge is 0.326 e. The van der Waals surface area contributed by atoms with Crippen molar-refractivity contribution in [3.8, 4) is 0 Å². The summed E-state index contributed by atoms with van der Waals surface area (Å²) < 4.78 is 0. The maximum atomic E-state index is 12.7. The fourth-order valence-electron chi connectivity index (χ4n) is 3.01. The number of hydrogen-bond acceptors (Lipinski definition) is 2. The summed E-state index contributed by atoms with van der Waals surface area (Å²) in [7, 11) is 0. The Bertz CT molecular complexity index is 486. The van der Waals surface area contributed by atoms with Crippen LogP contribution in [0.1, 0.15) is 38.2 Å². The molecule has 1 aromatic rings. The van der Waals surface area contributed by atoms with Crippen LogP contribution < -0.4 is 0 Å². The molecule has 1 saturated heterocycles. The third-order valence-corrected chi connectivity index (χ3v) is 4.14. The van der Waals surface area contributed by atoms with Crippen LogP contribution in [0.15, 0.2) is 30.3 Å². The Kier molecular flexibility index (Phi) is 4.42. The van der Waals surface area contributed by atoms with Crippen molar-refractivity contribution < 1.29 is 14.7 Å². The number of carbonyl (C=O) groups is 2. The highest BCUT2D eigenvalue weighted by Crippen LogP contribution is 2.30. The Morgan fingerprint density at radius 1 is 1.35 bits per heavy atom. The highest BCUT2D eigenvalue weighted by molar-refractivity contribution is 5.88. The molecule has 0 radical (unpaired) electrons. The molecular formula is C16H21NO3.